The number of thioether (sulfide) groups is 1. The molecule has 2 amide bonds. The number of amides is 2. The second kappa shape index (κ2) is 3.78. The van der Waals surface area contributed by atoms with Gasteiger partial charge in [0.2, 0.25) is 5.91 Å². The number of morpholine rings is 1. The molecule has 1 atom stereocenters. The summed E-state index contributed by atoms with van der Waals surface area (Å²) in [6.45, 7) is 2.41. The van der Waals surface area contributed by atoms with Crippen molar-refractivity contribution in [3.63, 3.8) is 0 Å². The Morgan fingerprint density at radius 3 is 2.88 bits per heavy atom. The van der Waals surface area contributed by atoms with Crippen molar-refractivity contribution in [1.82, 2.24) is 9.80 Å². The summed E-state index contributed by atoms with van der Waals surface area (Å²) in [6, 6.07) is 0. The summed E-state index contributed by atoms with van der Waals surface area (Å²) in [6.07, 6.45) is 0.557. The molecule has 5 nitrogen and oxygen atoms in total. The average molecular weight is 240 g/mol. The summed E-state index contributed by atoms with van der Waals surface area (Å²) in [5, 5.41) is 1.99. The molecule has 3 aliphatic rings. The Labute approximate surface area is 97.4 Å². The molecule has 0 unspecified atom stereocenters. The Kier molecular flexibility index (Phi) is 2.40. The Morgan fingerprint density at radius 2 is 2.19 bits per heavy atom. The largest absolute Gasteiger partial charge is 0.378 e. The number of β-lactam (4-membered cyclic amide) rings is 1. The van der Waals surface area contributed by atoms with Crippen LogP contribution in [0.4, 0.5) is 0 Å². The lowest BCUT2D eigenvalue weighted by Crippen LogP contribution is -2.52. The van der Waals surface area contributed by atoms with Crippen molar-refractivity contribution in [2.45, 2.75) is 11.8 Å². The molecule has 16 heavy (non-hydrogen) atoms. The number of fused-ring (bicyclic) bond motifs is 1. The zero-order valence-electron chi connectivity index (χ0n) is 8.72. The van der Waals surface area contributed by atoms with Gasteiger partial charge in [-0.3, -0.25) is 14.5 Å². The predicted molar refractivity (Wildman–Crippen MR) is 58.3 cm³/mol. The fourth-order valence-electron chi connectivity index (χ4n) is 2.07. The van der Waals surface area contributed by atoms with E-state index in [0.717, 1.165) is 0 Å². The number of carbonyl (C=O) groups excluding carboxylic acids is 2. The molecule has 0 bridgehead atoms. The first-order chi connectivity index (χ1) is 7.77. The molecule has 3 heterocycles. The van der Waals surface area contributed by atoms with Crippen LogP contribution in [-0.4, -0.2) is 53.3 Å². The van der Waals surface area contributed by atoms with Crippen LogP contribution >= 0.6 is 11.8 Å². The van der Waals surface area contributed by atoms with Gasteiger partial charge in [0.15, 0.2) is 0 Å². The van der Waals surface area contributed by atoms with Crippen LogP contribution in [0.5, 0.6) is 0 Å². The molecule has 86 valence electrons. The number of hydrogen-bond donors (Lipinski definition) is 0. The summed E-state index contributed by atoms with van der Waals surface area (Å²) in [4.78, 5) is 26.9. The molecule has 3 aliphatic heterocycles. The van der Waals surface area contributed by atoms with E-state index >= 15 is 0 Å². The number of hydrogen-bond acceptors (Lipinski definition) is 4. The lowest BCUT2D eigenvalue weighted by molar-refractivity contribution is -0.144. The quantitative estimate of drug-likeness (QED) is 0.605. The highest BCUT2D eigenvalue weighted by molar-refractivity contribution is 8.03. The summed E-state index contributed by atoms with van der Waals surface area (Å²) in [7, 11) is 0. The van der Waals surface area contributed by atoms with Gasteiger partial charge in [0.1, 0.15) is 5.70 Å². The van der Waals surface area contributed by atoms with Gasteiger partial charge >= 0.3 is 0 Å². The number of nitrogens with zero attached hydrogens (tertiary/aromatic N) is 2. The van der Waals surface area contributed by atoms with Gasteiger partial charge in [-0.05, 0) is 0 Å². The molecule has 2 saturated heterocycles. The Balaban J connectivity index is 1.72. The molecule has 0 aromatic heterocycles. The van der Waals surface area contributed by atoms with Crippen molar-refractivity contribution in [2.24, 2.45) is 0 Å². The smallest absolute Gasteiger partial charge is 0.271 e. The SMILES string of the molecule is O=C(C1=CS[C@H]2CC(=O)N12)N1CCOCC1. The molecule has 0 aromatic carbocycles. The van der Waals surface area contributed by atoms with Crippen molar-refractivity contribution >= 4 is 23.6 Å². The standard InChI is InChI=1S/C10H12N2O3S/c13-8-5-9-12(8)7(6-16-9)10(14)11-1-3-15-4-2-11/h6,9H,1-5H2/t9-/m0/s1. The minimum atomic E-state index is -0.0358. The number of carbonyl (C=O) groups is 2. The van der Waals surface area contributed by atoms with Gasteiger partial charge in [0.05, 0.1) is 25.0 Å². The molecule has 0 aliphatic carbocycles. The van der Waals surface area contributed by atoms with Crippen LogP contribution in [0.25, 0.3) is 0 Å². The molecule has 0 spiro atoms. The van der Waals surface area contributed by atoms with Gasteiger partial charge in [-0.1, -0.05) is 0 Å². The van der Waals surface area contributed by atoms with Gasteiger partial charge in [-0.15, -0.1) is 11.8 Å². The normalized spacial score (nSPS) is 28.6. The molecular weight excluding hydrogens is 228 g/mol. The van der Waals surface area contributed by atoms with Crippen molar-refractivity contribution < 1.29 is 14.3 Å². The molecule has 3 rings (SSSR count). The van der Waals surface area contributed by atoms with Crippen LogP contribution in [-0.2, 0) is 14.3 Å². The fourth-order valence-corrected chi connectivity index (χ4v) is 3.16. The first kappa shape index (κ1) is 10.2. The van der Waals surface area contributed by atoms with Gasteiger partial charge in [0, 0.05) is 18.5 Å². The summed E-state index contributed by atoms with van der Waals surface area (Å²) in [5.74, 6) is 0.0224. The molecule has 0 radical (unpaired) electrons. The van der Waals surface area contributed by atoms with E-state index in [9.17, 15) is 9.59 Å². The summed E-state index contributed by atoms with van der Waals surface area (Å²) < 4.78 is 5.20. The van der Waals surface area contributed by atoms with Crippen LogP contribution in [0, 0.1) is 0 Å². The van der Waals surface area contributed by atoms with E-state index in [-0.39, 0.29) is 17.2 Å². The van der Waals surface area contributed by atoms with Crippen molar-refractivity contribution in [3.05, 3.63) is 11.1 Å². The number of rotatable bonds is 1. The maximum absolute atomic E-state index is 12.1. The third-order valence-corrected chi connectivity index (χ3v) is 4.07. The molecule has 0 aromatic rings. The number of ether oxygens (including phenoxy) is 1. The lowest BCUT2D eigenvalue weighted by atomic mass is 10.1. The third-order valence-electron chi connectivity index (χ3n) is 3.02. The second-order valence-corrected chi connectivity index (χ2v) is 5.02. The van der Waals surface area contributed by atoms with Crippen molar-refractivity contribution in [1.29, 1.82) is 0 Å². The van der Waals surface area contributed by atoms with Gasteiger partial charge in [-0.2, -0.15) is 0 Å². The van der Waals surface area contributed by atoms with Crippen LogP contribution in [0.3, 0.4) is 0 Å². The molecule has 2 fully saturated rings. The first-order valence-electron chi connectivity index (χ1n) is 5.32. The molecule has 0 N–H and O–H groups in total. The zero-order valence-corrected chi connectivity index (χ0v) is 9.53. The van der Waals surface area contributed by atoms with E-state index in [1.807, 2.05) is 5.41 Å². The predicted octanol–water partition coefficient (Wildman–Crippen LogP) is -0.00820. The minimum Gasteiger partial charge on any atom is -0.378 e. The van der Waals surface area contributed by atoms with Crippen LogP contribution in [0.2, 0.25) is 0 Å². The van der Waals surface area contributed by atoms with Crippen LogP contribution < -0.4 is 0 Å². The van der Waals surface area contributed by atoms with Gasteiger partial charge < -0.3 is 9.64 Å². The average Bonchev–Trinajstić information content (AvgIpc) is 2.66. The summed E-state index contributed by atoms with van der Waals surface area (Å²) in [5.41, 5.74) is 0.549. The maximum atomic E-state index is 12.1. The monoisotopic (exact) mass is 240 g/mol. The topological polar surface area (TPSA) is 49.9 Å². The van der Waals surface area contributed by atoms with Crippen LogP contribution in [0.1, 0.15) is 6.42 Å². The van der Waals surface area contributed by atoms with E-state index in [1.165, 1.54) is 0 Å². The third kappa shape index (κ3) is 1.44. The Hall–Kier alpha value is -1.01. The first-order valence-corrected chi connectivity index (χ1v) is 6.26. The molecule has 6 heteroatoms. The van der Waals surface area contributed by atoms with Gasteiger partial charge in [-0.25, -0.2) is 0 Å². The van der Waals surface area contributed by atoms with Crippen LogP contribution in [0.15, 0.2) is 11.1 Å². The zero-order chi connectivity index (χ0) is 11.1. The van der Waals surface area contributed by atoms with E-state index in [4.69, 9.17) is 4.74 Å². The maximum Gasteiger partial charge on any atom is 0.271 e. The minimum absolute atomic E-state index is 0.0358. The van der Waals surface area contributed by atoms with E-state index in [0.29, 0.717) is 38.4 Å². The summed E-state index contributed by atoms with van der Waals surface area (Å²) >= 11 is 1.56. The van der Waals surface area contributed by atoms with E-state index in [2.05, 4.69) is 0 Å². The highest BCUT2D eigenvalue weighted by atomic mass is 32.2. The Bertz CT molecular complexity index is 376. The van der Waals surface area contributed by atoms with Gasteiger partial charge in [0.25, 0.3) is 5.91 Å². The highest BCUT2D eigenvalue weighted by Crippen LogP contribution is 2.41. The molecular formula is C10H12N2O3S. The van der Waals surface area contributed by atoms with Crippen molar-refractivity contribution in [3.8, 4) is 0 Å². The fraction of sp³-hybridized carbons (Fsp3) is 0.600. The lowest BCUT2D eigenvalue weighted by Gasteiger charge is -2.37. The highest BCUT2D eigenvalue weighted by Gasteiger charge is 2.45. The second-order valence-electron chi connectivity index (χ2n) is 3.97. The Morgan fingerprint density at radius 1 is 1.44 bits per heavy atom. The van der Waals surface area contributed by atoms with E-state index in [1.54, 1.807) is 21.6 Å². The molecule has 0 saturated carbocycles. The van der Waals surface area contributed by atoms with E-state index < -0.39 is 0 Å². The van der Waals surface area contributed by atoms with Crippen molar-refractivity contribution in [2.75, 3.05) is 26.3 Å².